The van der Waals surface area contributed by atoms with E-state index in [1.54, 1.807) is 6.07 Å². The monoisotopic (exact) mass is 477 g/mol. The number of anilines is 1. The molecular weight excluding hydrogens is 451 g/mol. The van der Waals surface area contributed by atoms with Gasteiger partial charge in [0, 0.05) is 6.42 Å². The molecule has 0 bridgehead atoms. The van der Waals surface area contributed by atoms with E-state index in [0.717, 1.165) is 24.0 Å². The van der Waals surface area contributed by atoms with Crippen molar-refractivity contribution in [2.75, 3.05) is 5.32 Å². The van der Waals surface area contributed by atoms with Crippen LogP contribution >= 0.6 is 11.3 Å². The summed E-state index contributed by atoms with van der Waals surface area (Å²) in [5.74, 6) is -0.0636. The molecule has 1 aliphatic carbocycles. The molecule has 1 amide bonds. The number of hydrogen-bond acceptors (Lipinski definition) is 5. The minimum Gasteiger partial charge on any atom is -0.456 e. The number of furan rings is 1. The molecule has 33 heavy (non-hydrogen) atoms. The van der Waals surface area contributed by atoms with E-state index >= 15 is 0 Å². The Kier molecular flexibility index (Phi) is 5.67. The second-order valence-corrected chi connectivity index (χ2v) is 10.9. The number of aromatic nitrogens is 2. The van der Waals surface area contributed by atoms with Crippen LogP contribution in [0.25, 0.3) is 0 Å². The van der Waals surface area contributed by atoms with Crippen molar-refractivity contribution in [1.29, 1.82) is 0 Å². The van der Waals surface area contributed by atoms with Crippen molar-refractivity contribution in [1.82, 2.24) is 10.2 Å². The molecule has 0 saturated heterocycles. The van der Waals surface area contributed by atoms with E-state index in [-0.39, 0.29) is 33.1 Å². The zero-order chi connectivity index (χ0) is 24.2. The number of benzene rings is 1. The third-order valence-electron chi connectivity index (χ3n) is 6.45. The average Bonchev–Trinajstić information content (AvgIpc) is 3.36. The van der Waals surface area contributed by atoms with E-state index in [1.807, 2.05) is 0 Å². The highest BCUT2D eigenvalue weighted by Crippen LogP contribution is 2.46. The fourth-order valence-corrected chi connectivity index (χ4v) is 4.89. The Bertz CT molecular complexity index is 1210. The van der Waals surface area contributed by atoms with Crippen molar-refractivity contribution in [3.63, 3.8) is 0 Å². The molecule has 0 saturated carbocycles. The van der Waals surface area contributed by atoms with Crippen molar-refractivity contribution in [3.05, 3.63) is 63.0 Å². The molecule has 9 heteroatoms. The lowest BCUT2D eigenvalue weighted by atomic mass is 9.62. The van der Waals surface area contributed by atoms with Crippen LogP contribution in [0.15, 0.2) is 28.7 Å². The van der Waals surface area contributed by atoms with Crippen LogP contribution in [0.1, 0.15) is 84.1 Å². The average molecular weight is 478 g/mol. The van der Waals surface area contributed by atoms with Crippen LogP contribution in [0.5, 0.6) is 0 Å². The van der Waals surface area contributed by atoms with Gasteiger partial charge in [-0.25, -0.2) is 0 Å². The lowest BCUT2D eigenvalue weighted by Crippen LogP contribution is -2.34. The number of rotatable bonds is 4. The third kappa shape index (κ3) is 4.69. The second kappa shape index (κ2) is 7.97. The molecule has 3 aromatic rings. The summed E-state index contributed by atoms with van der Waals surface area (Å²) in [6.07, 6.45) is -1.83. The van der Waals surface area contributed by atoms with Gasteiger partial charge in [-0.1, -0.05) is 51.2 Å². The lowest BCUT2D eigenvalue weighted by molar-refractivity contribution is -0.138. The second-order valence-electron chi connectivity index (χ2n) is 9.90. The molecular formula is C24H26F3N3O2S. The van der Waals surface area contributed by atoms with Crippen LogP contribution in [0.4, 0.5) is 18.3 Å². The Morgan fingerprint density at radius 3 is 2.33 bits per heavy atom. The molecule has 2 heterocycles. The maximum atomic E-state index is 12.7. The van der Waals surface area contributed by atoms with Gasteiger partial charge in [0.15, 0.2) is 5.76 Å². The maximum Gasteiger partial charge on any atom is 0.445 e. The number of nitrogens with zero attached hydrogens (tertiary/aromatic N) is 2. The number of carbonyl (C=O) groups is 1. The Morgan fingerprint density at radius 1 is 1.09 bits per heavy atom. The SMILES string of the molecule is Cc1cc2c(cc1Cc1ccc(C(=O)Nc3nnc(C(F)(F)F)s3)o1)C(C)(C)CCC2(C)C. The molecule has 0 fully saturated rings. The first-order chi connectivity index (χ1) is 15.3. The summed E-state index contributed by atoms with van der Waals surface area (Å²) in [5.41, 5.74) is 5.23. The highest BCUT2D eigenvalue weighted by molar-refractivity contribution is 7.15. The largest absolute Gasteiger partial charge is 0.456 e. The van der Waals surface area contributed by atoms with Crippen molar-refractivity contribution in [2.45, 2.75) is 70.9 Å². The smallest absolute Gasteiger partial charge is 0.445 e. The number of carbonyl (C=O) groups excluding carboxylic acids is 1. The normalized spacial score (nSPS) is 17.0. The Balaban J connectivity index is 1.53. The van der Waals surface area contributed by atoms with Gasteiger partial charge in [-0.15, -0.1) is 10.2 Å². The fraction of sp³-hybridized carbons (Fsp3) is 0.458. The van der Waals surface area contributed by atoms with Gasteiger partial charge in [-0.3, -0.25) is 10.1 Å². The number of aryl methyl sites for hydroxylation is 1. The van der Waals surface area contributed by atoms with Crippen LogP contribution in [-0.4, -0.2) is 16.1 Å². The number of hydrogen-bond donors (Lipinski definition) is 1. The zero-order valence-corrected chi connectivity index (χ0v) is 20.0. The van der Waals surface area contributed by atoms with Gasteiger partial charge in [0.2, 0.25) is 10.1 Å². The minimum atomic E-state index is -4.60. The molecule has 5 nitrogen and oxygen atoms in total. The van der Waals surface area contributed by atoms with Crippen LogP contribution in [-0.2, 0) is 23.4 Å². The topological polar surface area (TPSA) is 68.0 Å². The first-order valence-electron chi connectivity index (χ1n) is 10.7. The van der Waals surface area contributed by atoms with Crippen molar-refractivity contribution in [2.24, 2.45) is 0 Å². The van der Waals surface area contributed by atoms with E-state index in [1.165, 1.54) is 17.2 Å². The summed E-state index contributed by atoms with van der Waals surface area (Å²) in [4.78, 5) is 12.4. The molecule has 0 atom stereocenters. The molecule has 176 valence electrons. The van der Waals surface area contributed by atoms with Crippen LogP contribution in [0, 0.1) is 6.92 Å². The predicted molar refractivity (Wildman–Crippen MR) is 121 cm³/mol. The van der Waals surface area contributed by atoms with Gasteiger partial charge in [0.05, 0.1) is 0 Å². The molecule has 4 rings (SSSR count). The summed E-state index contributed by atoms with van der Waals surface area (Å²) in [6.45, 7) is 11.2. The molecule has 0 aliphatic heterocycles. The Morgan fingerprint density at radius 2 is 1.73 bits per heavy atom. The van der Waals surface area contributed by atoms with E-state index < -0.39 is 17.1 Å². The van der Waals surface area contributed by atoms with Gasteiger partial charge in [0.25, 0.3) is 5.91 Å². The summed E-state index contributed by atoms with van der Waals surface area (Å²) < 4.78 is 43.7. The zero-order valence-electron chi connectivity index (χ0n) is 19.2. The first-order valence-corrected chi connectivity index (χ1v) is 11.5. The number of fused-ring (bicyclic) bond motifs is 1. The maximum absolute atomic E-state index is 12.7. The van der Waals surface area contributed by atoms with E-state index in [4.69, 9.17) is 4.42 Å². The van der Waals surface area contributed by atoms with Gasteiger partial charge in [0.1, 0.15) is 5.76 Å². The van der Waals surface area contributed by atoms with E-state index in [0.29, 0.717) is 12.2 Å². The summed E-state index contributed by atoms with van der Waals surface area (Å²) in [6, 6.07) is 7.75. The third-order valence-corrected chi connectivity index (χ3v) is 7.33. The highest BCUT2D eigenvalue weighted by Gasteiger charge is 2.38. The number of nitrogens with one attached hydrogen (secondary N) is 1. The van der Waals surface area contributed by atoms with E-state index in [2.05, 4.69) is 62.3 Å². The predicted octanol–water partition coefficient (Wildman–Crippen LogP) is 6.65. The van der Waals surface area contributed by atoms with Crippen LogP contribution in [0.3, 0.4) is 0 Å². The Labute approximate surface area is 194 Å². The molecule has 1 aromatic carbocycles. The molecule has 0 unspecified atom stereocenters. The van der Waals surface area contributed by atoms with Gasteiger partial charge in [-0.2, -0.15) is 13.2 Å². The molecule has 1 N–H and O–H groups in total. The quantitative estimate of drug-likeness (QED) is 0.457. The van der Waals surface area contributed by atoms with Gasteiger partial charge in [-0.05, 0) is 65.0 Å². The Hall–Kier alpha value is -2.68. The highest BCUT2D eigenvalue weighted by atomic mass is 32.1. The van der Waals surface area contributed by atoms with E-state index in [9.17, 15) is 18.0 Å². The van der Waals surface area contributed by atoms with Crippen LogP contribution < -0.4 is 5.32 Å². The number of halogens is 3. The molecule has 1 aliphatic rings. The van der Waals surface area contributed by atoms with Crippen molar-refractivity contribution >= 4 is 22.4 Å². The number of alkyl halides is 3. The van der Waals surface area contributed by atoms with Crippen molar-refractivity contribution in [3.8, 4) is 0 Å². The fourth-order valence-electron chi connectivity index (χ4n) is 4.29. The van der Waals surface area contributed by atoms with Crippen LogP contribution in [0.2, 0.25) is 0 Å². The molecule has 0 spiro atoms. The summed E-state index contributed by atoms with van der Waals surface area (Å²) in [7, 11) is 0. The number of amides is 1. The standard InChI is InChI=1S/C24H26F3N3O2S/c1-13-10-16-17(23(4,5)9-8-22(16,2)3)12-14(13)11-15-6-7-18(32-15)19(31)28-21-30-29-20(33-21)24(25,26)27/h6-7,10,12H,8-9,11H2,1-5H3,(H,28,30,31). The molecule has 2 aromatic heterocycles. The summed E-state index contributed by atoms with van der Waals surface area (Å²) in [5, 5.41) is 7.39. The minimum absolute atomic E-state index is 0.00540. The van der Waals surface area contributed by atoms with Gasteiger partial charge < -0.3 is 4.42 Å². The summed E-state index contributed by atoms with van der Waals surface area (Å²) >= 11 is 0.266. The van der Waals surface area contributed by atoms with Crippen molar-refractivity contribution < 1.29 is 22.4 Å². The lowest BCUT2D eigenvalue weighted by Gasteiger charge is -2.42. The van der Waals surface area contributed by atoms with Gasteiger partial charge >= 0.3 is 6.18 Å². The molecule has 0 radical (unpaired) electrons. The first kappa shape index (κ1) is 23.5.